The number of nitrogens with one attached hydrogen (secondary N) is 1. The topological polar surface area (TPSA) is 106 Å². The number of carbonyl (C=O) groups is 1. The highest BCUT2D eigenvalue weighted by molar-refractivity contribution is 7.92. The first-order valence-corrected chi connectivity index (χ1v) is 15.0. The summed E-state index contributed by atoms with van der Waals surface area (Å²) < 4.78 is 31.6. The molecule has 1 amide bonds. The molecule has 1 aromatic heterocycles. The van der Waals surface area contributed by atoms with Crippen molar-refractivity contribution in [3.8, 4) is 5.69 Å². The quantitative estimate of drug-likeness (QED) is 0.221. The number of para-hydroxylation sites is 1. The Morgan fingerprint density at radius 3 is 2.31 bits per heavy atom. The first kappa shape index (κ1) is 27.2. The molecule has 1 aliphatic rings. The number of anilines is 1. The van der Waals surface area contributed by atoms with Gasteiger partial charge in [0.2, 0.25) is 0 Å². The molecule has 0 unspecified atom stereocenters. The third kappa shape index (κ3) is 4.69. The molecule has 6 rings (SSSR count). The number of aryl methyl sites for hydroxylation is 2. The molecule has 1 heterocycles. The third-order valence-electron chi connectivity index (χ3n) is 7.70. The summed E-state index contributed by atoms with van der Waals surface area (Å²) in [6, 6.07) is 26.9. The molecule has 0 aliphatic heterocycles. The zero-order valence-electron chi connectivity index (χ0n) is 23.2. The fourth-order valence-electron chi connectivity index (χ4n) is 5.57. The van der Waals surface area contributed by atoms with Gasteiger partial charge >= 0.3 is 0 Å². The zero-order valence-corrected chi connectivity index (χ0v) is 24.0. The van der Waals surface area contributed by atoms with Crippen molar-refractivity contribution >= 4 is 38.6 Å². The van der Waals surface area contributed by atoms with Crippen LogP contribution in [0.4, 0.5) is 5.69 Å². The van der Waals surface area contributed by atoms with E-state index in [2.05, 4.69) is 22.7 Å². The number of rotatable bonds is 8. The summed E-state index contributed by atoms with van der Waals surface area (Å²) >= 11 is 0. The molecule has 0 spiro atoms. The molecule has 4 aromatic carbocycles. The van der Waals surface area contributed by atoms with Crippen LogP contribution in [0.1, 0.15) is 22.4 Å². The maximum atomic E-state index is 13.9. The first-order valence-electron chi connectivity index (χ1n) is 13.5. The average Bonchev–Trinajstić information content (AvgIpc) is 3.52. The fraction of sp³-hybridized carbons (Fsp3) is 0.156. The second-order valence-corrected chi connectivity index (χ2v) is 12.0. The summed E-state index contributed by atoms with van der Waals surface area (Å²) in [7, 11) is -2.62. The molecule has 0 saturated heterocycles. The van der Waals surface area contributed by atoms with E-state index in [0.29, 0.717) is 11.4 Å². The maximum Gasteiger partial charge on any atom is 0.296 e. The number of carbonyl (C=O) groups excluding carboxylic acids is 1. The van der Waals surface area contributed by atoms with Gasteiger partial charge in [-0.25, -0.2) is 22.8 Å². The number of hydrogen-bond acceptors (Lipinski definition) is 5. The number of aromatic nitrogens is 2. The molecule has 0 saturated carbocycles. The largest absolute Gasteiger partial charge is 0.296 e. The molecule has 1 N–H and O–H groups in total. The Morgan fingerprint density at radius 1 is 0.929 bits per heavy atom. The monoisotopic (exact) mass is 579 g/mol. The maximum absolute atomic E-state index is 13.9. The summed E-state index contributed by atoms with van der Waals surface area (Å²) in [5, 5.41) is 6.43. The number of hydrogen-bond donors (Lipinski definition) is 1. The van der Waals surface area contributed by atoms with Crippen molar-refractivity contribution in [2.24, 2.45) is 12.1 Å². The Hall–Kier alpha value is -4.96. The van der Waals surface area contributed by atoms with E-state index in [-0.39, 0.29) is 10.6 Å². The number of nitrogens with zero attached hydrogens (tertiary/aromatic N) is 4. The third-order valence-corrected chi connectivity index (χ3v) is 9.45. The van der Waals surface area contributed by atoms with Crippen LogP contribution in [0, 0.1) is 6.92 Å². The molecular weight excluding hydrogens is 550 g/mol. The van der Waals surface area contributed by atoms with Crippen LogP contribution >= 0.6 is 0 Å². The Morgan fingerprint density at radius 2 is 1.60 bits per heavy atom. The minimum absolute atomic E-state index is 0.0388. The minimum Gasteiger partial charge on any atom is -0.283 e. The van der Waals surface area contributed by atoms with Crippen molar-refractivity contribution in [1.82, 2.24) is 14.8 Å². The van der Waals surface area contributed by atoms with Crippen molar-refractivity contribution in [3.63, 3.8) is 0 Å². The number of amides is 1. The van der Waals surface area contributed by atoms with Crippen molar-refractivity contribution in [3.05, 3.63) is 124 Å². The first-order chi connectivity index (χ1) is 20.3. The fourth-order valence-corrected chi connectivity index (χ4v) is 7.06. The molecule has 0 fully saturated rings. The molecule has 5 aromatic rings. The molecule has 10 heteroatoms. The van der Waals surface area contributed by atoms with Gasteiger partial charge in [0.25, 0.3) is 21.5 Å². The summed E-state index contributed by atoms with van der Waals surface area (Å²) in [6.07, 6.45) is 3.56. The summed E-state index contributed by atoms with van der Waals surface area (Å²) in [6.45, 7) is 1.00. The van der Waals surface area contributed by atoms with Gasteiger partial charge < -0.3 is 0 Å². The van der Waals surface area contributed by atoms with Gasteiger partial charge in [0.15, 0.2) is 0 Å². The minimum atomic E-state index is -4.29. The van der Waals surface area contributed by atoms with E-state index < -0.39 is 28.0 Å². The van der Waals surface area contributed by atoms with E-state index in [4.69, 9.17) is 0 Å². The van der Waals surface area contributed by atoms with Crippen LogP contribution in [0.15, 0.2) is 106 Å². The molecule has 9 nitrogen and oxygen atoms in total. The Kier molecular flexibility index (Phi) is 6.99. The molecule has 0 atom stereocenters. The molecule has 42 heavy (non-hydrogen) atoms. The van der Waals surface area contributed by atoms with Gasteiger partial charge in [0, 0.05) is 12.6 Å². The Balaban J connectivity index is 1.34. The SMILES string of the molecule is Cc1c(N(CC(=O)N/N=C\c2ccc3c4c(cccc24)CC3)S(=O)(=O)c2ccccc2)c(=O)n(-c2ccccc2)n1C. The van der Waals surface area contributed by atoms with Gasteiger partial charge in [-0.2, -0.15) is 5.10 Å². The Labute approximate surface area is 243 Å². The number of benzene rings is 4. The van der Waals surface area contributed by atoms with Crippen LogP contribution < -0.4 is 15.3 Å². The van der Waals surface area contributed by atoms with Crippen molar-refractivity contribution in [2.45, 2.75) is 24.7 Å². The Bertz CT molecular complexity index is 2000. The van der Waals surface area contributed by atoms with E-state index in [9.17, 15) is 18.0 Å². The lowest BCUT2D eigenvalue weighted by Gasteiger charge is -2.22. The van der Waals surface area contributed by atoms with Crippen LogP contribution in [0.5, 0.6) is 0 Å². The van der Waals surface area contributed by atoms with Crippen LogP contribution in [0.25, 0.3) is 16.5 Å². The normalized spacial score (nSPS) is 12.7. The van der Waals surface area contributed by atoms with E-state index in [1.807, 2.05) is 24.3 Å². The smallest absolute Gasteiger partial charge is 0.283 e. The summed E-state index contributed by atoms with van der Waals surface area (Å²) in [5.74, 6) is -0.689. The molecule has 212 valence electrons. The second-order valence-electron chi connectivity index (χ2n) is 10.2. The van der Waals surface area contributed by atoms with Gasteiger partial charge in [-0.15, -0.1) is 0 Å². The number of hydrazone groups is 1. The lowest BCUT2D eigenvalue weighted by molar-refractivity contribution is -0.119. The van der Waals surface area contributed by atoms with Crippen LogP contribution in [0.2, 0.25) is 0 Å². The second kappa shape index (κ2) is 10.8. The lowest BCUT2D eigenvalue weighted by Crippen LogP contribution is -2.42. The van der Waals surface area contributed by atoms with Crippen LogP contribution in [-0.4, -0.2) is 36.4 Å². The lowest BCUT2D eigenvalue weighted by atomic mass is 10.0. The predicted molar refractivity (Wildman–Crippen MR) is 164 cm³/mol. The van der Waals surface area contributed by atoms with E-state index in [1.165, 1.54) is 33.3 Å². The summed E-state index contributed by atoms with van der Waals surface area (Å²) in [5.41, 5.74) is 6.17. The van der Waals surface area contributed by atoms with Gasteiger partial charge in [0.05, 0.1) is 22.5 Å². The van der Waals surface area contributed by atoms with Gasteiger partial charge in [-0.05, 0) is 65.9 Å². The molecular formula is C32H29N5O4S. The van der Waals surface area contributed by atoms with Crippen LogP contribution in [-0.2, 0) is 34.7 Å². The average molecular weight is 580 g/mol. The zero-order chi connectivity index (χ0) is 29.4. The molecule has 0 radical (unpaired) electrons. The van der Waals surface area contributed by atoms with Crippen molar-refractivity contribution in [1.29, 1.82) is 0 Å². The molecule has 0 bridgehead atoms. The standard InChI is InChI=1S/C32H29N5O4S/c1-22-31(32(39)37(35(22)2)26-11-5-3-6-12-26)36(42(40,41)27-13-7-4-8-14-27)21-29(38)34-33-20-25-19-18-24-17-16-23-10-9-15-28(25)30(23)24/h3-15,18-20H,16-17,21H2,1-2H3,(H,34,38)/b33-20-. The van der Waals surface area contributed by atoms with Gasteiger partial charge in [0.1, 0.15) is 12.2 Å². The molecule has 1 aliphatic carbocycles. The highest BCUT2D eigenvalue weighted by atomic mass is 32.2. The highest BCUT2D eigenvalue weighted by Crippen LogP contribution is 2.32. The predicted octanol–water partition coefficient (Wildman–Crippen LogP) is 4.08. The van der Waals surface area contributed by atoms with Crippen molar-refractivity contribution in [2.75, 3.05) is 10.8 Å². The van der Waals surface area contributed by atoms with Gasteiger partial charge in [-0.3, -0.25) is 14.3 Å². The van der Waals surface area contributed by atoms with E-state index in [1.54, 1.807) is 67.3 Å². The van der Waals surface area contributed by atoms with E-state index >= 15 is 0 Å². The van der Waals surface area contributed by atoms with Crippen LogP contribution in [0.3, 0.4) is 0 Å². The number of sulfonamides is 1. The van der Waals surface area contributed by atoms with Crippen molar-refractivity contribution < 1.29 is 13.2 Å². The summed E-state index contributed by atoms with van der Waals surface area (Å²) in [4.78, 5) is 26.9. The van der Waals surface area contributed by atoms with Gasteiger partial charge in [-0.1, -0.05) is 66.7 Å². The van der Waals surface area contributed by atoms with E-state index in [0.717, 1.165) is 28.1 Å². The highest BCUT2D eigenvalue weighted by Gasteiger charge is 2.33.